The number of unbranched alkanes of at least 4 members (excludes halogenated alkanes) is 2. The van der Waals surface area contributed by atoms with E-state index in [1.54, 1.807) is 6.07 Å². The van der Waals surface area contributed by atoms with Gasteiger partial charge in [-0.25, -0.2) is 4.79 Å². The standard InChI is InChI=1S/C14H18O4/c1-2-3-6-9-16-14(15)13-10-17-11-7-4-5-8-12(11)18-13/h4-5,7-8,13H,2-3,6,9-10H2,1H3. The number of hydrogen-bond acceptors (Lipinski definition) is 4. The van der Waals surface area contributed by atoms with E-state index >= 15 is 0 Å². The second kappa shape index (κ2) is 6.28. The molecular weight excluding hydrogens is 232 g/mol. The molecule has 1 atom stereocenters. The normalized spacial score (nSPS) is 17.3. The SMILES string of the molecule is CCCCCOC(=O)C1COc2ccccc2O1. The second-order valence-corrected chi connectivity index (χ2v) is 4.24. The van der Waals surface area contributed by atoms with E-state index in [0.29, 0.717) is 18.1 Å². The quantitative estimate of drug-likeness (QED) is 0.595. The molecule has 0 fully saturated rings. The van der Waals surface area contributed by atoms with Crippen LogP contribution in [0.2, 0.25) is 0 Å². The van der Waals surface area contributed by atoms with Crippen molar-refractivity contribution in [2.75, 3.05) is 13.2 Å². The molecule has 0 spiro atoms. The molecule has 0 amide bonds. The third kappa shape index (κ3) is 3.15. The van der Waals surface area contributed by atoms with E-state index in [1.807, 2.05) is 18.2 Å². The molecule has 0 aromatic heterocycles. The van der Waals surface area contributed by atoms with Gasteiger partial charge in [-0.1, -0.05) is 31.9 Å². The number of para-hydroxylation sites is 2. The Bertz CT molecular complexity index is 403. The van der Waals surface area contributed by atoms with Crippen LogP contribution >= 0.6 is 0 Å². The largest absolute Gasteiger partial charge is 0.485 e. The first-order chi connectivity index (χ1) is 8.81. The average molecular weight is 250 g/mol. The molecule has 0 bridgehead atoms. The van der Waals surface area contributed by atoms with Gasteiger partial charge in [-0.2, -0.15) is 0 Å². The van der Waals surface area contributed by atoms with Crippen LogP contribution in [-0.2, 0) is 9.53 Å². The summed E-state index contributed by atoms with van der Waals surface area (Å²) in [7, 11) is 0. The van der Waals surface area contributed by atoms with Crippen LogP contribution in [0.3, 0.4) is 0 Å². The number of hydrogen-bond donors (Lipinski definition) is 0. The minimum absolute atomic E-state index is 0.212. The molecule has 1 aliphatic heterocycles. The summed E-state index contributed by atoms with van der Waals surface area (Å²) in [6, 6.07) is 7.31. The highest BCUT2D eigenvalue weighted by molar-refractivity contribution is 5.75. The molecule has 98 valence electrons. The lowest BCUT2D eigenvalue weighted by atomic mass is 10.2. The highest BCUT2D eigenvalue weighted by Crippen LogP contribution is 2.31. The maximum absolute atomic E-state index is 11.7. The van der Waals surface area contributed by atoms with Crippen LogP contribution in [0.5, 0.6) is 11.5 Å². The number of rotatable bonds is 5. The van der Waals surface area contributed by atoms with Gasteiger partial charge in [0.1, 0.15) is 6.61 Å². The van der Waals surface area contributed by atoms with Crippen molar-refractivity contribution in [3.05, 3.63) is 24.3 Å². The number of carbonyl (C=O) groups excluding carboxylic acids is 1. The van der Waals surface area contributed by atoms with Crippen molar-refractivity contribution >= 4 is 5.97 Å². The average Bonchev–Trinajstić information content (AvgIpc) is 2.43. The fraction of sp³-hybridized carbons (Fsp3) is 0.500. The molecule has 1 heterocycles. The van der Waals surface area contributed by atoms with Crippen LogP contribution in [0, 0.1) is 0 Å². The highest BCUT2D eigenvalue weighted by atomic mass is 16.6. The Labute approximate surface area is 107 Å². The van der Waals surface area contributed by atoms with Crippen molar-refractivity contribution in [2.45, 2.75) is 32.3 Å². The summed E-state index contributed by atoms with van der Waals surface area (Å²) in [5.74, 6) is 0.924. The van der Waals surface area contributed by atoms with E-state index in [-0.39, 0.29) is 12.6 Å². The van der Waals surface area contributed by atoms with Gasteiger partial charge in [0.25, 0.3) is 0 Å². The molecule has 0 radical (unpaired) electrons. The van der Waals surface area contributed by atoms with Crippen LogP contribution < -0.4 is 9.47 Å². The zero-order valence-electron chi connectivity index (χ0n) is 10.6. The smallest absolute Gasteiger partial charge is 0.350 e. The monoisotopic (exact) mass is 250 g/mol. The summed E-state index contributed by atoms with van der Waals surface area (Å²) in [6.07, 6.45) is 2.42. The summed E-state index contributed by atoms with van der Waals surface area (Å²) in [6.45, 7) is 2.77. The molecule has 0 saturated carbocycles. The Hall–Kier alpha value is -1.71. The van der Waals surface area contributed by atoms with Gasteiger partial charge in [0.15, 0.2) is 11.5 Å². The summed E-state index contributed by atoms with van der Waals surface area (Å²) in [5.41, 5.74) is 0. The number of carbonyl (C=O) groups is 1. The molecule has 1 aromatic carbocycles. The van der Waals surface area contributed by atoms with Crippen molar-refractivity contribution in [2.24, 2.45) is 0 Å². The van der Waals surface area contributed by atoms with Crippen LogP contribution in [0.1, 0.15) is 26.2 Å². The van der Waals surface area contributed by atoms with Gasteiger partial charge in [0.2, 0.25) is 6.10 Å². The van der Waals surface area contributed by atoms with Gasteiger partial charge >= 0.3 is 5.97 Å². The molecule has 1 aromatic rings. The lowest BCUT2D eigenvalue weighted by molar-refractivity contribution is -0.154. The van der Waals surface area contributed by atoms with E-state index in [9.17, 15) is 4.79 Å². The van der Waals surface area contributed by atoms with Gasteiger partial charge in [0, 0.05) is 0 Å². The fourth-order valence-corrected chi connectivity index (χ4v) is 1.75. The van der Waals surface area contributed by atoms with Crippen LogP contribution in [0.15, 0.2) is 24.3 Å². The van der Waals surface area contributed by atoms with Crippen LogP contribution in [-0.4, -0.2) is 25.3 Å². The van der Waals surface area contributed by atoms with Crippen LogP contribution in [0.25, 0.3) is 0 Å². The topological polar surface area (TPSA) is 44.8 Å². The molecule has 0 aliphatic carbocycles. The predicted octanol–water partition coefficient (Wildman–Crippen LogP) is 2.56. The Balaban J connectivity index is 1.83. The van der Waals surface area contributed by atoms with E-state index in [1.165, 1.54) is 0 Å². The van der Waals surface area contributed by atoms with Crippen molar-refractivity contribution < 1.29 is 19.0 Å². The molecule has 0 saturated heterocycles. The first kappa shape index (κ1) is 12.7. The van der Waals surface area contributed by atoms with Crippen LogP contribution in [0.4, 0.5) is 0 Å². The van der Waals surface area contributed by atoms with Crippen molar-refractivity contribution in [1.29, 1.82) is 0 Å². The molecular formula is C14H18O4. The molecule has 1 aliphatic rings. The molecule has 1 unspecified atom stereocenters. The third-order valence-corrected chi connectivity index (χ3v) is 2.76. The Morgan fingerprint density at radius 3 is 2.89 bits per heavy atom. The lowest BCUT2D eigenvalue weighted by Gasteiger charge is -2.24. The van der Waals surface area contributed by atoms with Gasteiger partial charge in [-0.15, -0.1) is 0 Å². The number of esters is 1. The van der Waals surface area contributed by atoms with Crippen molar-refractivity contribution in [3.8, 4) is 11.5 Å². The van der Waals surface area contributed by atoms with E-state index in [4.69, 9.17) is 14.2 Å². The molecule has 18 heavy (non-hydrogen) atoms. The highest BCUT2D eigenvalue weighted by Gasteiger charge is 2.28. The van der Waals surface area contributed by atoms with Gasteiger partial charge in [0.05, 0.1) is 6.61 Å². The maximum Gasteiger partial charge on any atom is 0.350 e. The molecule has 2 rings (SSSR count). The molecule has 4 nitrogen and oxygen atoms in total. The zero-order valence-corrected chi connectivity index (χ0v) is 10.6. The molecule has 0 N–H and O–H groups in total. The van der Waals surface area contributed by atoms with Gasteiger partial charge in [-0.3, -0.25) is 0 Å². The maximum atomic E-state index is 11.7. The first-order valence-electron chi connectivity index (χ1n) is 6.36. The lowest BCUT2D eigenvalue weighted by Crippen LogP contribution is -2.37. The summed E-state index contributed by atoms with van der Waals surface area (Å²) in [4.78, 5) is 11.7. The third-order valence-electron chi connectivity index (χ3n) is 2.76. The van der Waals surface area contributed by atoms with Gasteiger partial charge < -0.3 is 14.2 Å². The predicted molar refractivity (Wildman–Crippen MR) is 66.8 cm³/mol. The number of fused-ring (bicyclic) bond motifs is 1. The van der Waals surface area contributed by atoms with Crippen molar-refractivity contribution in [1.82, 2.24) is 0 Å². The Morgan fingerprint density at radius 2 is 2.11 bits per heavy atom. The number of ether oxygens (including phenoxy) is 3. The Morgan fingerprint density at radius 1 is 1.33 bits per heavy atom. The van der Waals surface area contributed by atoms with E-state index in [0.717, 1.165) is 19.3 Å². The summed E-state index contributed by atoms with van der Waals surface area (Å²) >= 11 is 0. The number of benzene rings is 1. The van der Waals surface area contributed by atoms with E-state index in [2.05, 4.69) is 6.92 Å². The zero-order chi connectivity index (χ0) is 12.8. The minimum Gasteiger partial charge on any atom is -0.485 e. The Kier molecular flexibility index (Phi) is 4.45. The fourth-order valence-electron chi connectivity index (χ4n) is 1.75. The summed E-state index contributed by atoms with van der Waals surface area (Å²) < 4.78 is 16.2. The van der Waals surface area contributed by atoms with Crippen molar-refractivity contribution in [3.63, 3.8) is 0 Å². The first-order valence-corrected chi connectivity index (χ1v) is 6.36. The second-order valence-electron chi connectivity index (χ2n) is 4.24. The van der Waals surface area contributed by atoms with Gasteiger partial charge in [-0.05, 0) is 18.6 Å². The molecule has 4 heteroatoms. The summed E-state index contributed by atoms with van der Waals surface area (Å²) in [5, 5.41) is 0. The van der Waals surface area contributed by atoms with E-state index < -0.39 is 6.10 Å². The minimum atomic E-state index is -0.651.